The highest BCUT2D eigenvalue weighted by molar-refractivity contribution is 9.10. The van der Waals surface area contributed by atoms with E-state index in [0.29, 0.717) is 5.69 Å². The van der Waals surface area contributed by atoms with E-state index in [2.05, 4.69) is 25.6 Å². The number of halogens is 1. The first kappa shape index (κ1) is 13.4. The Morgan fingerprint density at radius 1 is 1.56 bits per heavy atom. The molecule has 1 unspecified atom stereocenters. The Kier molecular flexibility index (Phi) is 4.28. The fourth-order valence-corrected chi connectivity index (χ4v) is 1.97. The van der Waals surface area contributed by atoms with Crippen LogP contribution in [0.1, 0.15) is 12.6 Å². The highest BCUT2D eigenvalue weighted by atomic mass is 79.9. The first-order valence-electron chi connectivity index (χ1n) is 4.62. The van der Waals surface area contributed by atoms with Crippen LogP contribution in [0.25, 0.3) is 0 Å². The zero-order valence-corrected chi connectivity index (χ0v) is 11.3. The standard InChI is InChI=1S/C9H13BrN2O3S/c1-6(5-13)16(14,15)12-9-4-3-8(10)7(2)11-9/h3-4,6,13H,5H2,1-2H3,(H,11,12). The number of aliphatic hydroxyl groups excluding tert-OH is 1. The lowest BCUT2D eigenvalue weighted by Gasteiger charge is -2.12. The number of aliphatic hydroxyl groups is 1. The Balaban J connectivity index is 2.93. The molecule has 0 radical (unpaired) electrons. The highest BCUT2D eigenvalue weighted by Gasteiger charge is 2.20. The number of nitrogens with one attached hydrogen (secondary N) is 1. The molecule has 16 heavy (non-hydrogen) atoms. The Morgan fingerprint density at radius 3 is 2.69 bits per heavy atom. The molecule has 1 heterocycles. The molecule has 5 nitrogen and oxygen atoms in total. The molecule has 2 N–H and O–H groups in total. The summed E-state index contributed by atoms with van der Waals surface area (Å²) in [5.74, 6) is 0.251. The molecule has 0 bridgehead atoms. The van der Waals surface area contributed by atoms with Gasteiger partial charge in [0.15, 0.2) is 0 Å². The number of hydrogen-bond acceptors (Lipinski definition) is 4. The minimum atomic E-state index is -3.57. The maximum atomic E-state index is 11.6. The summed E-state index contributed by atoms with van der Waals surface area (Å²) in [5.41, 5.74) is 0.692. The largest absolute Gasteiger partial charge is 0.395 e. The molecule has 1 atom stereocenters. The number of rotatable bonds is 4. The summed E-state index contributed by atoms with van der Waals surface area (Å²) in [6, 6.07) is 3.27. The van der Waals surface area contributed by atoms with Gasteiger partial charge < -0.3 is 5.11 Å². The second-order valence-electron chi connectivity index (χ2n) is 3.40. The van der Waals surface area contributed by atoms with Crippen molar-refractivity contribution < 1.29 is 13.5 Å². The number of pyridine rings is 1. The van der Waals surface area contributed by atoms with Crippen LogP contribution in [0, 0.1) is 6.92 Å². The predicted molar refractivity (Wildman–Crippen MR) is 65.8 cm³/mol. The second-order valence-corrected chi connectivity index (χ2v) is 6.36. The van der Waals surface area contributed by atoms with Crippen LogP contribution in [-0.2, 0) is 10.0 Å². The van der Waals surface area contributed by atoms with Gasteiger partial charge in [-0.25, -0.2) is 13.4 Å². The molecular formula is C9H13BrN2O3S. The Morgan fingerprint density at radius 2 is 2.19 bits per heavy atom. The fraction of sp³-hybridized carbons (Fsp3) is 0.444. The number of aromatic nitrogens is 1. The van der Waals surface area contributed by atoms with Gasteiger partial charge in [-0.3, -0.25) is 4.72 Å². The molecule has 1 rings (SSSR count). The summed E-state index contributed by atoms with van der Waals surface area (Å²) in [5, 5.41) is 7.94. The minimum Gasteiger partial charge on any atom is -0.395 e. The lowest BCUT2D eigenvalue weighted by Crippen LogP contribution is -2.28. The Labute approximate surface area is 103 Å². The first-order valence-corrected chi connectivity index (χ1v) is 6.96. The summed E-state index contributed by atoms with van der Waals surface area (Å²) in [6.45, 7) is 2.76. The monoisotopic (exact) mass is 308 g/mol. The Bertz CT molecular complexity index is 476. The van der Waals surface area contributed by atoms with Crippen LogP contribution in [0.3, 0.4) is 0 Å². The van der Waals surface area contributed by atoms with Gasteiger partial charge in [0.2, 0.25) is 10.0 Å². The van der Waals surface area contributed by atoms with Crippen molar-refractivity contribution >= 4 is 31.8 Å². The van der Waals surface area contributed by atoms with Crippen LogP contribution >= 0.6 is 15.9 Å². The number of hydrogen-bond donors (Lipinski definition) is 2. The summed E-state index contributed by atoms with van der Waals surface area (Å²) >= 11 is 3.27. The van der Waals surface area contributed by atoms with Crippen LogP contribution < -0.4 is 4.72 Å². The molecule has 0 aliphatic heterocycles. The maximum Gasteiger partial charge on any atom is 0.238 e. The van der Waals surface area contributed by atoms with Crippen molar-refractivity contribution in [3.05, 3.63) is 22.3 Å². The van der Waals surface area contributed by atoms with Gasteiger partial charge in [-0.2, -0.15) is 0 Å². The molecule has 0 aliphatic carbocycles. The van der Waals surface area contributed by atoms with E-state index >= 15 is 0 Å². The lowest BCUT2D eigenvalue weighted by molar-refractivity contribution is 0.296. The van der Waals surface area contributed by atoms with Gasteiger partial charge in [-0.05, 0) is 41.9 Å². The van der Waals surface area contributed by atoms with E-state index in [9.17, 15) is 8.42 Å². The van der Waals surface area contributed by atoms with Crippen LogP contribution in [0.15, 0.2) is 16.6 Å². The number of anilines is 1. The van der Waals surface area contributed by atoms with Gasteiger partial charge >= 0.3 is 0 Å². The molecule has 1 aromatic rings. The SMILES string of the molecule is Cc1nc(NS(=O)(=O)C(C)CO)ccc1Br. The number of sulfonamides is 1. The maximum absolute atomic E-state index is 11.6. The predicted octanol–water partition coefficient (Wildman–Crippen LogP) is 1.28. The third kappa shape index (κ3) is 3.16. The smallest absolute Gasteiger partial charge is 0.238 e. The fourth-order valence-electron chi connectivity index (χ4n) is 0.945. The molecule has 0 aromatic carbocycles. The van der Waals surface area contributed by atoms with E-state index in [1.165, 1.54) is 6.92 Å². The molecule has 90 valence electrons. The quantitative estimate of drug-likeness (QED) is 0.878. The van der Waals surface area contributed by atoms with E-state index in [-0.39, 0.29) is 5.82 Å². The average molecular weight is 309 g/mol. The molecule has 0 saturated heterocycles. The molecule has 7 heteroatoms. The van der Waals surface area contributed by atoms with Crippen molar-refractivity contribution in [2.75, 3.05) is 11.3 Å². The van der Waals surface area contributed by atoms with E-state index in [4.69, 9.17) is 5.11 Å². The van der Waals surface area contributed by atoms with Crippen LogP contribution in [0.4, 0.5) is 5.82 Å². The molecule has 1 aromatic heterocycles. The Hall–Kier alpha value is -0.660. The highest BCUT2D eigenvalue weighted by Crippen LogP contribution is 2.17. The van der Waals surface area contributed by atoms with Crippen molar-refractivity contribution in [1.29, 1.82) is 0 Å². The molecular weight excluding hydrogens is 296 g/mol. The zero-order valence-electron chi connectivity index (χ0n) is 8.94. The molecule has 0 amide bonds. The van der Waals surface area contributed by atoms with Crippen molar-refractivity contribution in [1.82, 2.24) is 4.98 Å². The van der Waals surface area contributed by atoms with Gasteiger partial charge in [-0.1, -0.05) is 0 Å². The third-order valence-electron chi connectivity index (χ3n) is 2.05. The summed E-state index contributed by atoms with van der Waals surface area (Å²) in [6.07, 6.45) is 0. The van der Waals surface area contributed by atoms with Gasteiger partial charge in [-0.15, -0.1) is 0 Å². The van der Waals surface area contributed by atoms with Gasteiger partial charge in [0, 0.05) is 4.47 Å². The molecule has 0 fully saturated rings. The van der Waals surface area contributed by atoms with Crippen LogP contribution in [0.2, 0.25) is 0 Å². The van der Waals surface area contributed by atoms with Crippen LogP contribution in [0.5, 0.6) is 0 Å². The normalized spacial score (nSPS) is 13.5. The van der Waals surface area contributed by atoms with Gasteiger partial charge in [0.1, 0.15) is 11.1 Å². The minimum absolute atomic E-state index is 0.251. The molecule has 0 aliphatic rings. The summed E-state index contributed by atoms with van der Waals surface area (Å²) in [7, 11) is -3.57. The van der Waals surface area contributed by atoms with E-state index in [1.54, 1.807) is 19.1 Å². The topological polar surface area (TPSA) is 79.3 Å². The average Bonchev–Trinajstić information content (AvgIpc) is 2.22. The van der Waals surface area contributed by atoms with E-state index < -0.39 is 21.9 Å². The lowest BCUT2D eigenvalue weighted by atomic mass is 10.4. The van der Waals surface area contributed by atoms with Gasteiger partial charge in [0.25, 0.3) is 0 Å². The summed E-state index contributed by atoms with van der Waals surface area (Å²) in [4.78, 5) is 4.06. The van der Waals surface area contributed by atoms with Crippen molar-refractivity contribution in [3.8, 4) is 0 Å². The van der Waals surface area contributed by atoms with Crippen molar-refractivity contribution in [3.63, 3.8) is 0 Å². The third-order valence-corrected chi connectivity index (χ3v) is 4.60. The second kappa shape index (κ2) is 5.11. The summed E-state index contributed by atoms with van der Waals surface area (Å²) < 4.78 is 26.3. The molecule has 0 saturated carbocycles. The first-order chi connectivity index (χ1) is 7.36. The van der Waals surface area contributed by atoms with Crippen molar-refractivity contribution in [2.24, 2.45) is 0 Å². The van der Waals surface area contributed by atoms with Crippen LogP contribution in [-0.4, -0.2) is 30.4 Å². The number of nitrogens with zero attached hydrogens (tertiary/aromatic N) is 1. The van der Waals surface area contributed by atoms with E-state index in [1.807, 2.05) is 0 Å². The molecule has 0 spiro atoms. The van der Waals surface area contributed by atoms with Gasteiger partial charge in [0.05, 0.1) is 12.3 Å². The van der Waals surface area contributed by atoms with Crippen molar-refractivity contribution in [2.45, 2.75) is 19.1 Å². The van der Waals surface area contributed by atoms with E-state index in [0.717, 1.165) is 4.47 Å². The zero-order chi connectivity index (χ0) is 12.3. The number of aryl methyl sites for hydroxylation is 1.